The molecule has 0 unspecified atom stereocenters. The number of carboxylic acids is 1. The second-order valence-electron chi connectivity index (χ2n) is 3.94. The average Bonchev–Trinajstić information content (AvgIpc) is 2.99. The first-order valence-corrected chi connectivity index (χ1v) is 6.89. The lowest BCUT2D eigenvalue weighted by Crippen LogP contribution is -2.31. The summed E-state index contributed by atoms with van der Waals surface area (Å²) >= 11 is 1.05. The molecule has 108 valence electrons. The van der Waals surface area contributed by atoms with Gasteiger partial charge in [0.1, 0.15) is 0 Å². The number of furan rings is 1. The molecule has 1 aromatic carbocycles. The summed E-state index contributed by atoms with van der Waals surface area (Å²) in [6.07, 6.45) is 1.33. The Bertz CT molecular complexity index is 666. The van der Waals surface area contributed by atoms with Crippen LogP contribution in [0.4, 0.5) is 0 Å². The number of thioether (sulfide) groups is 1. The fourth-order valence-corrected chi connectivity index (χ4v) is 2.39. The van der Waals surface area contributed by atoms with Crippen molar-refractivity contribution in [3.05, 3.63) is 54.0 Å². The quantitative estimate of drug-likeness (QED) is 0.820. The minimum atomic E-state index is -1.06. The maximum absolute atomic E-state index is 11.7. The van der Waals surface area contributed by atoms with Crippen molar-refractivity contribution in [3.8, 4) is 0 Å². The molecule has 6 nitrogen and oxygen atoms in total. The van der Waals surface area contributed by atoms with E-state index in [1.807, 2.05) is 0 Å². The summed E-state index contributed by atoms with van der Waals surface area (Å²) in [7, 11) is 0. The molecular weight excluding hydrogens is 294 g/mol. The van der Waals surface area contributed by atoms with E-state index in [0.29, 0.717) is 4.90 Å². The Morgan fingerprint density at radius 1 is 1.14 bits per heavy atom. The minimum Gasteiger partial charge on any atom is -0.478 e. The molecule has 0 atom stereocenters. The number of hydrogen-bond donors (Lipinski definition) is 2. The lowest BCUT2D eigenvalue weighted by Gasteiger charge is -2.05. The van der Waals surface area contributed by atoms with E-state index in [2.05, 4.69) is 5.32 Å². The Kier molecular flexibility index (Phi) is 4.78. The predicted octanol–water partition coefficient (Wildman–Crippen LogP) is 2.03. The number of benzene rings is 1. The van der Waals surface area contributed by atoms with Crippen LogP contribution in [0.5, 0.6) is 0 Å². The maximum atomic E-state index is 11.7. The maximum Gasteiger partial charge on any atom is 0.336 e. The van der Waals surface area contributed by atoms with Crippen molar-refractivity contribution in [3.63, 3.8) is 0 Å². The van der Waals surface area contributed by atoms with E-state index in [1.165, 1.54) is 24.5 Å². The molecule has 2 aromatic rings. The number of rotatable bonds is 5. The molecule has 1 aromatic heterocycles. The van der Waals surface area contributed by atoms with E-state index in [4.69, 9.17) is 9.52 Å². The molecule has 1 heterocycles. The van der Waals surface area contributed by atoms with Crippen molar-refractivity contribution in [1.29, 1.82) is 0 Å². The average molecular weight is 305 g/mol. The first kappa shape index (κ1) is 14.9. The molecule has 7 heteroatoms. The van der Waals surface area contributed by atoms with Crippen molar-refractivity contribution in [2.75, 3.05) is 5.75 Å². The molecule has 0 spiro atoms. The van der Waals surface area contributed by atoms with Crippen molar-refractivity contribution in [1.82, 2.24) is 5.32 Å². The molecule has 0 bridgehead atoms. The molecule has 2 rings (SSSR count). The molecular formula is C14H11NO5S. The molecule has 0 saturated carbocycles. The van der Waals surface area contributed by atoms with Crippen LogP contribution in [0.3, 0.4) is 0 Å². The summed E-state index contributed by atoms with van der Waals surface area (Å²) in [4.78, 5) is 34.7. The van der Waals surface area contributed by atoms with Crippen molar-refractivity contribution < 1.29 is 23.9 Å². The van der Waals surface area contributed by atoms with Crippen LogP contribution in [0.25, 0.3) is 0 Å². The van der Waals surface area contributed by atoms with E-state index >= 15 is 0 Å². The predicted molar refractivity (Wildman–Crippen MR) is 75.3 cm³/mol. The summed E-state index contributed by atoms with van der Waals surface area (Å²) in [5, 5.41) is 11.2. The lowest BCUT2D eigenvalue weighted by atomic mass is 10.2. The summed E-state index contributed by atoms with van der Waals surface area (Å²) in [5.41, 5.74) is 0.118. The van der Waals surface area contributed by atoms with E-state index in [1.54, 1.807) is 18.2 Å². The van der Waals surface area contributed by atoms with Gasteiger partial charge in [0, 0.05) is 4.90 Å². The second kappa shape index (κ2) is 6.76. The van der Waals surface area contributed by atoms with Gasteiger partial charge in [0.25, 0.3) is 5.91 Å². The van der Waals surface area contributed by atoms with Gasteiger partial charge in [-0.1, -0.05) is 12.1 Å². The fourth-order valence-electron chi connectivity index (χ4n) is 1.54. The molecule has 0 radical (unpaired) electrons. The van der Waals surface area contributed by atoms with Crippen LogP contribution >= 0.6 is 11.8 Å². The summed E-state index contributed by atoms with van der Waals surface area (Å²) in [5.74, 6) is -2.25. The van der Waals surface area contributed by atoms with Gasteiger partial charge in [0.15, 0.2) is 5.76 Å². The van der Waals surface area contributed by atoms with E-state index in [-0.39, 0.29) is 17.1 Å². The molecule has 0 fully saturated rings. The van der Waals surface area contributed by atoms with E-state index in [9.17, 15) is 14.4 Å². The molecule has 0 aliphatic rings. The van der Waals surface area contributed by atoms with Gasteiger partial charge in [-0.25, -0.2) is 4.79 Å². The third-order valence-corrected chi connectivity index (χ3v) is 3.55. The van der Waals surface area contributed by atoms with Gasteiger partial charge in [0.05, 0.1) is 17.6 Å². The Morgan fingerprint density at radius 2 is 1.90 bits per heavy atom. The van der Waals surface area contributed by atoms with Gasteiger partial charge in [-0.2, -0.15) is 0 Å². The van der Waals surface area contributed by atoms with Crippen LogP contribution in [-0.4, -0.2) is 28.6 Å². The molecule has 0 aliphatic carbocycles. The van der Waals surface area contributed by atoms with Gasteiger partial charge in [-0.3, -0.25) is 14.9 Å². The van der Waals surface area contributed by atoms with Gasteiger partial charge in [-0.05, 0) is 24.3 Å². The number of carboxylic acid groups (broad SMARTS) is 1. The number of carbonyl (C=O) groups is 3. The number of amides is 2. The van der Waals surface area contributed by atoms with Gasteiger partial charge >= 0.3 is 5.97 Å². The molecule has 21 heavy (non-hydrogen) atoms. The molecule has 2 N–H and O–H groups in total. The van der Waals surface area contributed by atoms with Crippen LogP contribution in [0.2, 0.25) is 0 Å². The highest BCUT2D eigenvalue weighted by Crippen LogP contribution is 2.22. The Morgan fingerprint density at radius 3 is 2.57 bits per heavy atom. The highest BCUT2D eigenvalue weighted by Gasteiger charge is 2.15. The zero-order chi connectivity index (χ0) is 15.2. The zero-order valence-corrected chi connectivity index (χ0v) is 11.6. The SMILES string of the molecule is O=C(CSc1ccccc1C(=O)O)NC(=O)c1ccco1. The number of hydrogen-bond acceptors (Lipinski definition) is 5. The topological polar surface area (TPSA) is 96.6 Å². The van der Waals surface area contributed by atoms with Crippen LogP contribution in [-0.2, 0) is 4.79 Å². The van der Waals surface area contributed by atoms with E-state index in [0.717, 1.165) is 11.8 Å². The Hall–Kier alpha value is -2.54. The van der Waals surface area contributed by atoms with Crippen LogP contribution in [0.1, 0.15) is 20.9 Å². The highest BCUT2D eigenvalue weighted by molar-refractivity contribution is 8.00. The van der Waals surface area contributed by atoms with E-state index < -0.39 is 17.8 Å². The zero-order valence-electron chi connectivity index (χ0n) is 10.7. The van der Waals surface area contributed by atoms with Gasteiger partial charge in [-0.15, -0.1) is 11.8 Å². The third-order valence-electron chi connectivity index (χ3n) is 2.47. The molecule has 0 aliphatic heterocycles. The monoisotopic (exact) mass is 305 g/mol. The molecule has 2 amide bonds. The Labute approximate surface area is 124 Å². The third kappa shape index (κ3) is 3.96. The smallest absolute Gasteiger partial charge is 0.336 e. The van der Waals surface area contributed by atoms with Crippen LogP contribution in [0.15, 0.2) is 52.0 Å². The summed E-state index contributed by atoms with van der Waals surface area (Å²) in [6, 6.07) is 9.33. The number of carbonyl (C=O) groups excluding carboxylic acids is 2. The number of aromatic carboxylic acids is 1. The largest absolute Gasteiger partial charge is 0.478 e. The van der Waals surface area contributed by atoms with Crippen molar-refractivity contribution in [2.45, 2.75) is 4.90 Å². The molecule has 0 saturated heterocycles. The second-order valence-corrected chi connectivity index (χ2v) is 4.96. The Balaban J connectivity index is 1.93. The van der Waals surface area contributed by atoms with Gasteiger partial charge < -0.3 is 9.52 Å². The fraction of sp³-hybridized carbons (Fsp3) is 0.0714. The van der Waals surface area contributed by atoms with Gasteiger partial charge in [0.2, 0.25) is 5.91 Å². The highest BCUT2D eigenvalue weighted by atomic mass is 32.2. The first-order valence-electron chi connectivity index (χ1n) is 5.90. The van der Waals surface area contributed by atoms with Crippen LogP contribution < -0.4 is 5.32 Å². The standard InChI is InChI=1S/C14H11NO5S/c16-12(15-13(17)10-5-3-7-20-10)8-21-11-6-2-1-4-9(11)14(18)19/h1-7H,8H2,(H,18,19)(H,15,16,17). The first-order chi connectivity index (χ1) is 10.1. The van der Waals surface area contributed by atoms with Crippen LogP contribution in [0, 0.1) is 0 Å². The van der Waals surface area contributed by atoms with Crippen molar-refractivity contribution in [2.24, 2.45) is 0 Å². The summed E-state index contributed by atoms with van der Waals surface area (Å²) < 4.78 is 4.86. The minimum absolute atomic E-state index is 0.0410. The lowest BCUT2D eigenvalue weighted by molar-refractivity contribution is -0.117. The normalized spacial score (nSPS) is 10.1. The number of imide groups is 1. The summed E-state index contributed by atoms with van der Waals surface area (Å²) in [6.45, 7) is 0. The van der Waals surface area contributed by atoms with Crippen molar-refractivity contribution >= 4 is 29.5 Å². The number of nitrogens with one attached hydrogen (secondary N) is 1.